The Morgan fingerprint density at radius 1 is 0.480 bits per heavy atom. The lowest BCUT2D eigenvalue weighted by molar-refractivity contribution is 0.954. The maximum absolute atomic E-state index is 9.29. The molecule has 0 unspecified atom stereocenters. The van der Waals surface area contributed by atoms with Crippen LogP contribution in [0, 0.1) is 0 Å². The van der Waals surface area contributed by atoms with Gasteiger partial charge in [-0.2, -0.15) is 9.97 Å². The van der Waals surface area contributed by atoms with E-state index in [4.69, 9.17) is 24.5 Å². The fourth-order valence-electron chi connectivity index (χ4n) is 6.67. The third-order valence-electron chi connectivity index (χ3n) is 8.89. The van der Waals surface area contributed by atoms with Gasteiger partial charge in [0, 0.05) is 42.1 Å². The number of benzene rings is 7. The number of hydrogen-bond donors (Lipinski definition) is 0. The summed E-state index contributed by atoms with van der Waals surface area (Å²) >= 11 is 1.62. The van der Waals surface area contributed by atoms with E-state index in [1.54, 1.807) is 34.1 Å². The first kappa shape index (κ1) is 20.8. The highest BCUT2D eigenvalue weighted by atomic mass is 32.1. The van der Waals surface area contributed by atoms with Gasteiger partial charge in [-0.05, 0) is 52.6 Å². The molecule has 0 saturated heterocycles. The maximum Gasteiger partial charge on any atom is 0.238 e. The Bertz CT molecular complexity index is 3370. The van der Waals surface area contributed by atoms with Crippen LogP contribution in [-0.2, 0) is 0 Å². The highest BCUT2D eigenvalue weighted by Gasteiger charge is 2.21. The van der Waals surface area contributed by atoms with Crippen LogP contribution in [-0.4, -0.2) is 19.5 Å². The fraction of sp³-hybridized carbons (Fsp3) is 0. The Morgan fingerprint density at radius 3 is 2.10 bits per heavy atom. The first-order chi connectivity index (χ1) is 28.5. The number of aromatic nitrogens is 4. The van der Waals surface area contributed by atoms with Gasteiger partial charge in [-0.15, -0.1) is 11.3 Å². The predicted molar refractivity (Wildman–Crippen MR) is 209 cm³/mol. The summed E-state index contributed by atoms with van der Waals surface area (Å²) in [5.41, 5.74) is 3.87. The molecule has 0 fully saturated rings. The van der Waals surface area contributed by atoms with Crippen molar-refractivity contribution in [3.05, 3.63) is 170 Å². The van der Waals surface area contributed by atoms with E-state index in [1.165, 1.54) is 0 Å². The third-order valence-corrected chi connectivity index (χ3v) is 10.1. The zero-order valence-corrected chi connectivity index (χ0v) is 27.0. The van der Waals surface area contributed by atoms with Gasteiger partial charge in [0.25, 0.3) is 0 Å². The lowest BCUT2D eigenvalue weighted by atomic mass is 9.99. The molecule has 234 valence electrons. The third kappa shape index (κ3) is 4.63. The molecule has 10 aromatic rings. The number of para-hydroxylation sites is 1. The van der Waals surface area contributed by atoms with Crippen molar-refractivity contribution in [2.24, 2.45) is 0 Å². The first-order valence-electron chi connectivity index (χ1n) is 20.5. The largest absolute Gasteiger partial charge is 0.278 e. The maximum atomic E-state index is 9.29. The number of thiophene rings is 1. The first-order valence-corrected chi connectivity index (χ1v) is 16.8. The van der Waals surface area contributed by atoms with E-state index in [2.05, 4.69) is 18.2 Å². The second-order valence-corrected chi connectivity index (χ2v) is 12.8. The zero-order chi connectivity index (χ0) is 40.9. The minimum absolute atomic E-state index is 0.0621. The van der Waals surface area contributed by atoms with Gasteiger partial charge in [0.15, 0.2) is 11.6 Å². The van der Waals surface area contributed by atoms with Crippen LogP contribution in [0.3, 0.4) is 0 Å². The van der Waals surface area contributed by atoms with E-state index in [0.29, 0.717) is 22.7 Å². The highest BCUT2D eigenvalue weighted by Crippen LogP contribution is 2.41. The Morgan fingerprint density at radius 2 is 1.18 bits per heavy atom. The van der Waals surface area contributed by atoms with E-state index in [-0.39, 0.29) is 45.4 Å². The van der Waals surface area contributed by atoms with Gasteiger partial charge in [0.05, 0.1) is 23.4 Å². The van der Waals surface area contributed by atoms with Crippen molar-refractivity contribution < 1.29 is 12.3 Å². The van der Waals surface area contributed by atoms with Gasteiger partial charge >= 0.3 is 0 Å². The summed E-state index contributed by atoms with van der Waals surface area (Å²) in [6, 6.07) is 32.7. The summed E-state index contributed by atoms with van der Waals surface area (Å²) in [6.45, 7) is 0. The van der Waals surface area contributed by atoms with Crippen LogP contribution in [0.2, 0.25) is 0 Å². The quantitative estimate of drug-likeness (QED) is 0.184. The molecule has 10 rings (SSSR count). The summed E-state index contributed by atoms with van der Waals surface area (Å²) in [6.07, 6.45) is 0. The minimum atomic E-state index is -0.546. The second-order valence-electron chi connectivity index (χ2n) is 11.8. The molecule has 3 aromatic heterocycles. The van der Waals surface area contributed by atoms with Crippen molar-refractivity contribution in [1.29, 1.82) is 0 Å². The van der Waals surface area contributed by atoms with Crippen molar-refractivity contribution >= 4 is 53.3 Å². The molecule has 4 nitrogen and oxygen atoms in total. The molecule has 0 aliphatic carbocycles. The van der Waals surface area contributed by atoms with E-state index in [1.807, 2.05) is 78.9 Å². The molecule has 0 radical (unpaired) electrons. The van der Waals surface area contributed by atoms with E-state index in [0.717, 1.165) is 36.9 Å². The Labute approximate surface area is 305 Å². The van der Waals surface area contributed by atoms with Crippen LogP contribution in [0.15, 0.2) is 170 Å². The lowest BCUT2D eigenvalue weighted by Gasteiger charge is -2.12. The summed E-state index contributed by atoms with van der Waals surface area (Å²) in [5, 5.41) is 2.48. The number of nitrogens with zero attached hydrogens (tertiary/aromatic N) is 4. The fourth-order valence-corrected chi connectivity index (χ4v) is 7.88. The SMILES string of the molecule is [2H]c1c([2H])c([2H])c(-c2cccc3c2c2c([2H])c([2H])c([2H])c([2H])c2n3-c2nc(-c3cccc(-c4ccccc4)c3)nc(-c3cccc4c3sc3ccccc34)n2)c([2H])c1[2H]. The minimum Gasteiger partial charge on any atom is -0.278 e. The van der Waals surface area contributed by atoms with Crippen molar-refractivity contribution in [1.82, 2.24) is 19.5 Å². The van der Waals surface area contributed by atoms with Crippen LogP contribution in [0.25, 0.3) is 93.0 Å². The normalized spacial score (nSPS) is 14.1. The van der Waals surface area contributed by atoms with Gasteiger partial charge in [-0.1, -0.05) is 139 Å². The van der Waals surface area contributed by atoms with Crippen LogP contribution >= 0.6 is 11.3 Å². The number of hydrogen-bond acceptors (Lipinski definition) is 4. The number of fused-ring (bicyclic) bond motifs is 6. The molecule has 0 atom stereocenters. The molecule has 3 heterocycles. The summed E-state index contributed by atoms with van der Waals surface area (Å²) in [5.74, 6) is 0.722. The molecule has 0 aliphatic heterocycles. The number of rotatable bonds is 5. The highest BCUT2D eigenvalue weighted by molar-refractivity contribution is 7.26. The smallest absolute Gasteiger partial charge is 0.238 e. The topological polar surface area (TPSA) is 43.6 Å². The van der Waals surface area contributed by atoms with Crippen LogP contribution in [0.5, 0.6) is 0 Å². The monoisotopic (exact) mass is 665 g/mol. The van der Waals surface area contributed by atoms with Crippen molar-refractivity contribution in [3.8, 4) is 51.0 Å². The van der Waals surface area contributed by atoms with Crippen molar-refractivity contribution in [2.45, 2.75) is 0 Å². The van der Waals surface area contributed by atoms with E-state index < -0.39 is 42.3 Å². The van der Waals surface area contributed by atoms with Gasteiger partial charge in [-0.3, -0.25) is 4.57 Å². The average molecular weight is 666 g/mol. The Balaban J connectivity index is 1.34. The summed E-state index contributed by atoms with van der Waals surface area (Å²) in [7, 11) is 0. The Kier molecular flexibility index (Phi) is 4.84. The van der Waals surface area contributed by atoms with E-state index in [9.17, 15) is 2.74 Å². The molecule has 0 saturated carbocycles. The van der Waals surface area contributed by atoms with Crippen molar-refractivity contribution in [3.63, 3.8) is 0 Å². The van der Waals surface area contributed by atoms with Gasteiger partial charge in [0.1, 0.15) is 0 Å². The molecule has 50 heavy (non-hydrogen) atoms. The summed E-state index contributed by atoms with van der Waals surface area (Å²) in [4.78, 5) is 15.3. The molecule has 7 aromatic carbocycles. The van der Waals surface area contributed by atoms with Crippen LogP contribution in [0.4, 0.5) is 0 Å². The molecule has 0 N–H and O–H groups in total. The molecule has 0 aliphatic rings. The van der Waals surface area contributed by atoms with Gasteiger partial charge in [-0.25, -0.2) is 4.98 Å². The lowest BCUT2D eigenvalue weighted by Crippen LogP contribution is -2.06. The molecule has 5 heteroatoms. The van der Waals surface area contributed by atoms with E-state index >= 15 is 0 Å². The predicted octanol–water partition coefficient (Wildman–Crippen LogP) is 12.0. The van der Waals surface area contributed by atoms with Crippen LogP contribution in [0.1, 0.15) is 12.3 Å². The summed E-state index contributed by atoms with van der Waals surface area (Å²) < 4.78 is 82.5. The standard InChI is InChI=1S/C45H28N4S/c1-3-14-29(15-4-1)31-18-11-19-32(28-31)43-46-44(37-24-12-23-35-34-20-8-10-27-40(34)50-42(35)37)48-45(47-43)49-38-25-9-7-21-36(38)41-33(22-13-26-39(41)49)30-16-5-2-6-17-30/h1-28H/i2D,5D,6D,7D,9D,16D,17D,21D,25D. The zero-order valence-electron chi connectivity index (χ0n) is 35.2. The molecular formula is C45H28N4S. The molecular weight excluding hydrogens is 629 g/mol. The van der Waals surface area contributed by atoms with Crippen molar-refractivity contribution in [2.75, 3.05) is 0 Å². The second kappa shape index (κ2) is 11.6. The van der Waals surface area contributed by atoms with Crippen LogP contribution < -0.4 is 0 Å². The average Bonchev–Trinajstić information content (AvgIpc) is 3.83. The molecule has 0 amide bonds. The van der Waals surface area contributed by atoms with Gasteiger partial charge < -0.3 is 0 Å². The Hall–Kier alpha value is -6.43. The molecule has 0 spiro atoms. The molecule has 0 bridgehead atoms. The van der Waals surface area contributed by atoms with Gasteiger partial charge in [0.2, 0.25) is 5.95 Å².